The Balaban J connectivity index is 1.69. The van der Waals surface area contributed by atoms with E-state index in [0.717, 1.165) is 76.6 Å². The van der Waals surface area contributed by atoms with Crippen LogP contribution < -0.4 is 5.32 Å². The second kappa shape index (κ2) is 14.6. The van der Waals surface area contributed by atoms with Crippen LogP contribution in [0, 0.1) is 11.8 Å². The van der Waals surface area contributed by atoms with Gasteiger partial charge in [-0.3, -0.25) is 4.79 Å². The average molecular weight is 495 g/mol. The summed E-state index contributed by atoms with van der Waals surface area (Å²) in [6.45, 7) is 13.5. The Morgan fingerprint density at radius 2 is 1.86 bits per heavy atom. The maximum absolute atomic E-state index is 13.7. The first kappa shape index (κ1) is 28.5. The van der Waals surface area contributed by atoms with Crippen LogP contribution in [0.2, 0.25) is 0 Å². The molecule has 0 saturated carbocycles. The Kier molecular flexibility index (Phi) is 11.6. The number of carbonyl (C=O) groups excluding carboxylic acids is 1. The van der Waals surface area contributed by atoms with Crippen LogP contribution in [0.1, 0.15) is 92.4 Å². The van der Waals surface area contributed by atoms with E-state index < -0.39 is 0 Å². The molecule has 2 unspecified atom stereocenters. The Bertz CT molecular complexity index is 875. The Hall–Kier alpha value is -2.07. The van der Waals surface area contributed by atoms with Gasteiger partial charge >= 0.3 is 0 Å². The van der Waals surface area contributed by atoms with E-state index in [1.165, 1.54) is 16.7 Å². The third kappa shape index (κ3) is 8.80. The van der Waals surface area contributed by atoms with Crippen molar-refractivity contribution in [2.75, 3.05) is 19.7 Å². The molecule has 3 rings (SSSR count). The highest BCUT2D eigenvalue weighted by Crippen LogP contribution is 2.30. The second-order valence-corrected chi connectivity index (χ2v) is 11.4. The van der Waals surface area contributed by atoms with Crippen molar-refractivity contribution < 1.29 is 9.53 Å². The van der Waals surface area contributed by atoms with Crippen molar-refractivity contribution in [2.45, 2.75) is 104 Å². The minimum absolute atomic E-state index is 0.0103. The van der Waals surface area contributed by atoms with Crippen LogP contribution in [0.5, 0.6) is 0 Å². The molecule has 2 bridgehead atoms. The fourth-order valence-corrected chi connectivity index (χ4v) is 5.65. The lowest BCUT2D eigenvalue weighted by molar-refractivity contribution is -0.134. The molecule has 2 atom stereocenters. The van der Waals surface area contributed by atoms with Gasteiger partial charge in [0.1, 0.15) is 5.76 Å². The van der Waals surface area contributed by atoms with Gasteiger partial charge in [-0.15, -0.1) is 0 Å². The van der Waals surface area contributed by atoms with Crippen LogP contribution >= 0.6 is 0 Å². The zero-order chi connectivity index (χ0) is 25.9. The fourth-order valence-electron chi connectivity index (χ4n) is 5.65. The maximum Gasteiger partial charge on any atom is 0.229 e. The smallest absolute Gasteiger partial charge is 0.229 e. The first-order valence-corrected chi connectivity index (χ1v) is 14.5. The Morgan fingerprint density at radius 1 is 1.08 bits per heavy atom. The normalized spacial score (nSPS) is 24.2. The molecule has 200 valence electrons. The number of nitrogens with one attached hydrogen (secondary N) is 1. The molecule has 1 N–H and O–H groups in total. The van der Waals surface area contributed by atoms with Crippen molar-refractivity contribution in [2.24, 2.45) is 11.8 Å². The highest BCUT2D eigenvalue weighted by Gasteiger charge is 2.25. The maximum atomic E-state index is 13.7. The molecule has 1 heterocycles. The van der Waals surface area contributed by atoms with Crippen molar-refractivity contribution >= 4 is 5.91 Å². The minimum atomic E-state index is -0.0103. The summed E-state index contributed by atoms with van der Waals surface area (Å²) in [4.78, 5) is 15.9. The summed E-state index contributed by atoms with van der Waals surface area (Å²) in [5, 5.41) is 3.77. The highest BCUT2D eigenvalue weighted by molar-refractivity contribution is 5.80. The zero-order valence-corrected chi connectivity index (χ0v) is 23.5. The second-order valence-electron chi connectivity index (χ2n) is 11.4. The number of rotatable bonds is 6. The van der Waals surface area contributed by atoms with Crippen molar-refractivity contribution in [3.63, 3.8) is 0 Å². The van der Waals surface area contributed by atoms with E-state index in [9.17, 15) is 4.79 Å². The average Bonchev–Trinajstić information content (AvgIpc) is 3.18. The van der Waals surface area contributed by atoms with Gasteiger partial charge in [0.25, 0.3) is 0 Å². The molecule has 1 fully saturated rings. The summed E-state index contributed by atoms with van der Waals surface area (Å²) in [6, 6.07) is 0.766. The van der Waals surface area contributed by atoms with Crippen LogP contribution in [0.3, 0.4) is 0 Å². The number of ether oxygens (including phenoxy) is 1. The molecule has 1 amide bonds. The standard InChI is InChI=1S/C32H50N2O2/c1-6-26-15-16-27(17-18-28(26)22-24(2)3)32(35)34-19-10-9-14-31(33-25(4)5)29-12-7-8-13-30(23-29)36-21-11-20-34/h7-8,12-13,17-18,24-25,27,31,33H,6,9-11,14-16,19-23H2,1-5H3. The summed E-state index contributed by atoms with van der Waals surface area (Å²) in [6.07, 6.45) is 22.2. The van der Waals surface area contributed by atoms with Gasteiger partial charge in [-0.2, -0.15) is 0 Å². The number of carbonyl (C=O) groups is 1. The third-order valence-corrected chi connectivity index (χ3v) is 7.52. The summed E-state index contributed by atoms with van der Waals surface area (Å²) in [7, 11) is 0. The minimum Gasteiger partial charge on any atom is -0.498 e. The number of hydrogen-bond donors (Lipinski definition) is 1. The van der Waals surface area contributed by atoms with Crippen LogP contribution in [-0.2, 0) is 9.53 Å². The van der Waals surface area contributed by atoms with E-state index in [1.807, 2.05) is 0 Å². The van der Waals surface area contributed by atoms with Crippen LogP contribution in [0.25, 0.3) is 0 Å². The van der Waals surface area contributed by atoms with Gasteiger partial charge in [-0.25, -0.2) is 0 Å². The summed E-state index contributed by atoms with van der Waals surface area (Å²) in [5.41, 5.74) is 4.40. The quantitative estimate of drug-likeness (QED) is 0.422. The number of fused-ring (bicyclic) bond motifs is 2. The van der Waals surface area contributed by atoms with Crippen molar-refractivity contribution in [1.82, 2.24) is 10.2 Å². The van der Waals surface area contributed by atoms with Gasteiger partial charge in [-0.1, -0.05) is 70.6 Å². The lowest BCUT2D eigenvalue weighted by atomic mass is 9.94. The molecule has 0 aromatic carbocycles. The van der Waals surface area contributed by atoms with Gasteiger partial charge in [0.2, 0.25) is 5.91 Å². The van der Waals surface area contributed by atoms with E-state index in [0.29, 0.717) is 30.5 Å². The van der Waals surface area contributed by atoms with Gasteiger partial charge in [0.05, 0.1) is 12.5 Å². The monoisotopic (exact) mass is 494 g/mol. The fraction of sp³-hybridized carbons (Fsp3) is 0.656. The molecule has 4 nitrogen and oxygen atoms in total. The molecule has 1 aliphatic heterocycles. The van der Waals surface area contributed by atoms with Gasteiger partial charge < -0.3 is 15.0 Å². The van der Waals surface area contributed by atoms with Gasteiger partial charge in [-0.05, 0) is 74.5 Å². The van der Waals surface area contributed by atoms with E-state index in [2.05, 4.69) is 81.3 Å². The topological polar surface area (TPSA) is 41.6 Å². The third-order valence-electron chi connectivity index (χ3n) is 7.52. The molecule has 4 heteroatoms. The summed E-state index contributed by atoms with van der Waals surface area (Å²) in [5.74, 6) is 1.96. The van der Waals surface area contributed by atoms with Crippen LogP contribution in [0.15, 0.2) is 58.9 Å². The lowest BCUT2D eigenvalue weighted by Crippen LogP contribution is -2.38. The molecule has 0 spiro atoms. The number of allylic oxidation sites excluding steroid dienone is 8. The molecule has 0 aromatic rings. The Morgan fingerprint density at radius 3 is 2.61 bits per heavy atom. The first-order chi connectivity index (χ1) is 17.4. The molecule has 0 radical (unpaired) electrons. The summed E-state index contributed by atoms with van der Waals surface area (Å²) < 4.78 is 6.22. The van der Waals surface area contributed by atoms with Crippen LogP contribution in [-0.4, -0.2) is 42.6 Å². The van der Waals surface area contributed by atoms with Crippen molar-refractivity contribution in [3.8, 4) is 0 Å². The molecule has 1 saturated heterocycles. The first-order valence-electron chi connectivity index (χ1n) is 14.5. The predicted octanol–water partition coefficient (Wildman–Crippen LogP) is 7.26. The summed E-state index contributed by atoms with van der Waals surface area (Å²) >= 11 is 0. The van der Waals surface area contributed by atoms with Gasteiger partial charge in [0.15, 0.2) is 0 Å². The lowest BCUT2D eigenvalue weighted by Gasteiger charge is -2.27. The predicted molar refractivity (Wildman–Crippen MR) is 152 cm³/mol. The number of hydrogen-bond acceptors (Lipinski definition) is 3. The number of amides is 1. The van der Waals surface area contributed by atoms with Crippen molar-refractivity contribution in [1.29, 1.82) is 0 Å². The van der Waals surface area contributed by atoms with E-state index >= 15 is 0 Å². The largest absolute Gasteiger partial charge is 0.498 e. The van der Waals surface area contributed by atoms with E-state index in [-0.39, 0.29) is 5.92 Å². The highest BCUT2D eigenvalue weighted by atomic mass is 16.5. The molecular formula is C32H50N2O2. The van der Waals surface area contributed by atoms with Crippen molar-refractivity contribution in [3.05, 3.63) is 58.9 Å². The zero-order valence-electron chi connectivity index (χ0n) is 23.5. The molecule has 0 aromatic heterocycles. The van der Waals surface area contributed by atoms with E-state index in [4.69, 9.17) is 4.74 Å². The Labute approximate surface area is 220 Å². The SMILES string of the molecule is CCC1=C(CC(C)C)C=CC(C(=O)N2CCCCC(NC(C)C)C3=CC=CC=C(C3)OCCC2)CC1. The van der Waals surface area contributed by atoms with Gasteiger partial charge in [0, 0.05) is 31.6 Å². The van der Waals surface area contributed by atoms with Crippen LogP contribution in [0.4, 0.5) is 0 Å². The number of nitrogens with zero attached hydrogens (tertiary/aromatic N) is 1. The molecule has 2 aliphatic carbocycles. The molecule has 3 aliphatic rings. The molecular weight excluding hydrogens is 444 g/mol. The van der Waals surface area contributed by atoms with E-state index in [1.54, 1.807) is 0 Å². The molecule has 36 heavy (non-hydrogen) atoms.